The molecule has 1 aromatic carbocycles. The lowest BCUT2D eigenvalue weighted by atomic mass is 10.3. The SMILES string of the molecule is O=C(CCNS(=O)(=O)c1ccc(Cl)cc1)NCCCN1CCOCC1. The number of sulfonamides is 1. The van der Waals surface area contributed by atoms with Crippen molar-refractivity contribution in [3.05, 3.63) is 29.3 Å². The van der Waals surface area contributed by atoms with Gasteiger partial charge in [-0.3, -0.25) is 9.69 Å². The van der Waals surface area contributed by atoms with Crippen LogP contribution in [0.1, 0.15) is 12.8 Å². The van der Waals surface area contributed by atoms with E-state index in [2.05, 4.69) is 14.9 Å². The predicted molar refractivity (Wildman–Crippen MR) is 96.1 cm³/mol. The number of ether oxygens (including phenoxy) is 1. The van der Waals surface area contributed by atoms with Crippen molar-refractivity contribution in [3.8, 4) is 0 Å². The van der Waals surface area contributed by atoms with Gasteiger partial charge < -0.3 is 10.1 Å². The number of benzene rings is 1. The van der Waals surface area contributed by atoms with Crippen molar-refractivity contribution in [3.63, 3.8) is 0 Å². The number of morpholine rings is 1. The van der Waals surface area contributed by atoms with Crippen molar-refractivity contribution in [2.24, 2.45) is 0 Å². The number of amides is 1. The van der Waals surface area contributed by atoms with Gasteiger partial charge in [-0.15, -0.1) is 0 Å². The molecule has 1 saturated heterocycles. The lowest BCUT2D eigenvalue weighted by Crippen LogP contribution is -2.38. The minimum atomic E-state index is -3.62. The molecule has 7 nitrogen and oxygen atoms in total. The molecule has 140 valence electrons. The van der Waals surface area contributed by atoms with Crippen LogP contribution in [0.3, 0.4) is 0 Å². The van der Waals surface area contributed by atoms with E-state index in [1.165, 1.54) is 24.3 Å². The predicted octanol–water partition coefficient (Wildman–Crippen LogP) is 0.847. The summed E-state index contributed by atoms with van der Waals surface area (Å²) in [6.45, 7) is 4.95. The van der Waals surface area contributed by atoms with Crippen molar-refractivity contribution in [1.82, 2.24) is 14.9 Å². The molecular weight excluding hydrogens is 366 g/mol. The van der Waals surface area contributed by atoms with Gasteiger partial charge in [0.2, 0.25) is 15.9 Å². The molecule has 0 aliphatic carbocycles. The molecule has 0 aromatic heterocycles. The second-order valence-electron chi connectivity index (χ2n) is 5.76. The fraction of sp³-hybridized carbons (Fsp3) is 0.562. The third-order valence-corrected chi connectivity index (χ3v) is 5.57. The van der Waals surface area contributed by atoms with E-state index in [-0.39, 0.29) is 23.8 Å². The summed E-state index contributed by atoms with van der Waals surface area (Å²) in [5.74, 6) is -0.166. The maximum Gasteiger partial charge on any atom is 0.240 e. The Kier molecular flexibility index (Phi) is 8.11. The van der Waals surface area contributed by atoms with Crippen molar-refractivity contribution in [2.45, 2.75) is 17.7 Å². The van der Waals surface area contributed by atoms with Crippen LogP contribution in [0.5, 0.6) is 0 Å². The highest BCUT2D eigenvalue weighted by atomic mass is 35.5. The third-order valence-electron chi connectivity index (χ3n) is 3.85. The minimum absolute atomic E-state index is 0.0558. The molecule has 0 saturated carbocycles. The number of rotatable bonds is 9. The molecule has 1 amide bonds. The zero-order valence-corrected chi connectivity index (χ0v) is 15.6. The molecule has 0 unspecified atom stereocenters. The molecule has 2 N–H and O–H groups in total. The summed E-state index contributed by atoms with van der Waals surface area (Å²) in [6.07, 6.45) is 0.965. The minimum Gasteiger partial charge on any atom is -0.379 e. The van der Waals surface area contributed by atoms with E-state index in [1.54, 1.807) is 0 Å². The number of carbonyl (C=O) groups excluding carboxylic acids is 1. The van der Waals surface area contributed by atoms with Crippen molar-refractivity contribution in [2.75, 3.05) is 45.9 Å². The Morgan fingerprint density at radius 2 is 1.84 bits per heavy atom. The summed E-state index contributed by atoms with van der Waals surface area (Å²) >= 11 is 5.74. The molecular formula is C16H24ClN3O4S. The fourth-order valence-electron chi connectivity index (χ4n) is 2.44. The Bertz CT molecular complexity index is 646. The second-order valence-corrected chi connectivity index (χ2v) is 7.96. The number of nitrogens with one attached hydrogen (secondary N) is 2. The average molecular weight is 390 g/mol. The molecule has 25 heavy (non-hydrogen) atoms. The molecule has 1 aliphatic rings. The van der Waals surface area contributed by atoms with Crippen molar-refractivity contribution in [1.29, 1.82) is 0 Å². The molecule has 9 heteroatoms. The molecule has 0 atom stereocenters. The summed E-state index contributed by atoms with van der Waals surface area (Å²) in [4.78, 5) is 14.2. The van der Waals surface area contributed by atoms with Crippen LogP contribution in [0.15, 0.2) is 29.2 Å². The molecule has 1 fully saturated rings. The number of halogens is 1. The smallest absolute Gasteiger partial charge is 0.240 e. The van der Waals surface area contributed by atoms with Crippen LogP contribution >= 0.6 is 11.6 Å². The molecule has 0 bridgehead atoms. The highest BCUT2D eigenvalue weighted by Crippen LogP contribution is 2.13. The van der Waals surface area contributed by atoms with E-state index in [1.807, 2.05) is 0 Å². The van der Waals surface area contributed by atoms with Gasteiger partial charge in [-0.05, 0) is 37.2 Å². The first-order valence-corrected chi connectivity index (χ1v) is 10.2. The zero-order chi connectivity index (χ0) is 18.1. The highest BCUT2D eigenvalue weighted by Gasteiger charge is 2.14. The first kappa shape index (κ1) is 20.1. The van der Waals surface area contributed by atoms with E-state index in [0.717, 1.165) is 39.3 Å². The van der Waals surface area contributed by atoms with Crippen LogP contribution in [-0.4, -0.2) is 65.2 Å². The first-order chi connectivity index (χ1) is 12.0. The standard InChI is InChI=1S/C16H24ClN3O4S/c17-14-2-4-15(5-3-14)25(22,23)19-8-6-16(21)18-7-1-9-20-10-12-24-13-11-20/h2-5,19H,1,6-13H2,(H,18,21). The van der Waals surface area contributed by atoms with E-state index in [4.69, 9.17) is 16.3 Å². The number of carbonyl (C=O) groups is 1. The Labute approximate surface area is 153 Å². The van der Waals surface area contributed by atoms with Crippen molar-refractivity contribution < 1.29 is 17.9 Å². The van der Waals surface area contributed by atoms with Gasteiger partial charge in [0.25, 0.3) is 0 Å². The fourth-order valence-corrected chi connectivity index (χ4v) is 3.60. The second kappa shape index (κ2) is 10.1. The van der Waals surface area contributed by atoms with E-state index in [0.29, 0.717) is 11.6 Å². The van der Waals surface area contributed by atoms with Gasteiger partial charge in [0.1, 0.15) is 0 Å². The maximum atomic E-state index is 12.1. The number of hydrogen-bond donors (Lipinski definition) is 2. The Morgan fingerprint density at radius 3 is 2.52 bits per heavy atom. The summed E-state index contributed by atoms with van der Waals surface area (Å²) in [5.41, 5.74) is 0. The Hall–Kier alpha value is -1.19. The van der Waals surface area contributed by atoms with Gasteiger partial charge in [0.15, 0.2) is 0 Å². The van der Waals surface area contributed by atoms with E-state index >= 15 is 0 Å². The number of hydrogen-bond acceptors (Lipinski definition) is 5. The van der Waals surface area contributed by atoms with Gasteiger partial charge in [-0.1, -0.05) is 11.6 Å². The van der Waals surface area contributed by atoms with Crippen molar-refractivity contribution >= 4 is 27.5 Å². The topological polar surface area (TPSA) is 87.7 Å². The van der Waals surface area contributed by atoms with Crippen LogP contribution in [0.4, 0.5) is 0 Å². The lowest BCUT2D eigenvalue weighted by Gasteiger charge is -2.26. The van der Waals surface area contributed by atoms with Crippen LogP contribution in [-0.2, 0) is 19.6 Å². The summed E-state index contributed by atoms with van der Waals surface area (Å²) < 4.78 is 31.8. The van der Waals surface area contributed by atoms with Gasteiger partial charge in [0.05, 0.1) is 18.1 Å². The van der Waals surface area contributed by atoms with Gasteiger partial charge >= 0.3 is 0 Å². The lowest BCUT2D eigenvalue weighted by molar-refractivity contribution is -0.120. The normalized spacial score (nSPS) is 15.9. The van der Waals surface area contributed by atoms with Gasteiger partial charge in [-0.2, -0.15) is 0 Å². The largest absolute Gasteiger partial charge is 0.379 e. The number of nitrogens with zero attached hydrogens (tertiary/aromatic N) is 1. The monoisotopic (exact) mass is 389 g/mol. The highest BCUT2D eigenvalue weighted by molar-refractivity contribution is 7.89. The Balaban J connectivity index is 1.60. The Morgan fingerprint density at radius 1 is 1.16 bits per heavy atom. The summed E-state index contributed by atoms with van der Waals surface area (Å²) in [5, 5.41) is 3.27. The van der Waals surface area contributed by atoms with Gasteiger partial charge in [-0.25, -0.2) is 13.1 Å². The average Bonchev–Trinajstić information content (AvgIpc) is 2.60. The third kappa shape index (κ3) is 7.29. The maximum absolute atomic E-state index is 12.1. The van der Waals surface area contributed by atoms with Crippen LogP contribution in [0.25, 0.3) is 0 Å². The van der Waals surface area contributed by atoms with Crippen LogP contribution in [0, 0.1) is 0 Å². The molecule has 1 aromatic rings. The summed E-state index contributed by atoms with van der Waals surface area (Å²) in [6, 6.07) is 5.88. The molecule has 0 spiro atoms. The molecule has 0 radical (unpaired) electrons. The first-order valence-electron chi connectivity index (χ1n) is 8.29. The molecule has 2 rings (SSSR count). The van der Waals surface area contributed by atoms with E-state index in [9.17, 15) is 13.2 Å². The molecule has 1 heterocycles. The quantitative estimate of drug-likeness (QED) is 0.611. The molecule has 1 aliphatic heterocycles. The zero-order valence-electron chi connectivity index (χ0n) is 14.0. The van der Waals surface area contributed by atoms with E-state index < -0.39 is 10.0 Å². The van der Waals surface area contributed by atoms with Crippen LogP contribution < -0.4 is 10.0 Å². The van der Waals surface area contributed by atoms with Gasteiger partial charge in [0, 0.05) is 37.6 Å². The summed E-state index contributed by atoms with van der Waals surface area (Å²) in [7, 11) is -3.62. The van der Waals surface area contributed by atoms with Crippen LogP contribution in [0.2, 0.25) is 5.02 Å².